The van der Waals surface area contributed by atoms with Crippen molar-refractivity contribution in [1.82, 2.24) is 9.97 Å². The van der Waals surface area contributed by atoms with Crippen molar-refractivity contribution >= 4 is 33.9 Å². The van der Waals surface area contributed by atoms with E-state index in [1.807, 2.05) is 48.5 Å². The fraction of sp³-hybridized carbons (Fsp3) is 0.0333. The lowest BCUT2D eigenvalue weighted by molar-refractivity contribution is -0.137. The zero-order valence-electron chi connectivity index (χ0n) is 20.0. The van der Waals surface area contributed by atoms with Gasteiger partial charge in [0.25, 0.3) is 0 Å². The molecule has 8 heteroatoms. The van der Waals surface area contributed by atoms with Crippen molar-refractivity contribution in [2.24, 2.45) is 0 Å². The predicted molar refractivity (Wildman–Crippen MR) is 144 cm³/mol. The number of benzene rings is 4. The monoisotopic (exact) mass is 510 g/mol. The number of amides is 1. The summed E-state index contributed by atoms with van der Waals surface area (Å²) in [4.78, 5) is 20.4. The van der Waals surface area contributed by atoms with E-state index in [1.165, 1.54) is 18.5 Å². The molecule has 5 nitrogen and oxygen atoms in total. The van der Waals surface area contributed by atoms with Crippen LogP contribution >= 0.6 is 0 Å². The number of halogens is 3. The minimum Gasteiger partial charge on any atom is -0.355 e. The van der Waals surface area contributed by atoms with Crippen LogP contribution in [0.5, 0.6) is 0 Å². The highest BCUT2D eigenvalue weighted by atomic mass is 19.4. The zero-order valence-corrected chi connectivity index (χ0v) is 20.0. The van der Waals surface area contributed by atoms with E-state index in [2.05, 4.69) is 27.2 Å². The average Bonchev–Trinajstić information content (AvgIpc) is 2.92. The van der Waals surface area contributed by atoms with E-state index in [9.17, 15) is 18.0 Å². The Balaban J connectivity index is 1.54. The summed E-state index contributed by atoms with van der Waals surface area (Å²) in [6.45, 7) is 3.49. The van der Waals surface area contributed by atoms with Crippen LogP contribution in [0.15, 0.2) is 110 Å². The minimum atomic E-state index is -4.42. The third kappa shape index (κ3) is 5.39. The average molecular weight is 511 g/mol. The molecule has 0 saturated heterocycles. The van der Waals surface area contributed by atoms with Gasteiger partial charge in [0.1, 0.15) is 6.33 Å². The molecule has 1 amide bonds. The number of carbonyl (C=O) groups excluding carboxylic acids is 1. The fourth-order valence-corrected chi connectivity index (χ4v) is 4.17. The van der Waals surface area contributed by atoms with E-state index in [0.29, 0.717) is 17.1 Å². The van der Waals surface area contributed by atoms with Crippen LogP contribution in [-0.4, -0.2) is 15.9 Å². The number of nitrogens with zero attached hydrogens (tertiary/aromatic N) is 2. The molecule has 0 aliphatic carbocycles. The van der Waals surface area contributed by atoms with E-state index in [0.717, 1.165) is 45.3 Å². The van der Waals surface area contributed by atoms with Crippen molar-refractivity contribution in [3.05, 3.63) is 116 Å². The summed E-state index contributed by atoms with van der Waals surface area (Å²) in [6, 6.07) is 23.9. The van der Waals surface area contributed by atoms with E-state index < -0.39 is 11.7 Å². The van der Waals surface area contributed by atoms with Crippen molar-refractivity contribution in [3.8, 4) is 22.3 Å². The fourth-order valence-electron chi connectivity index (χ4n) is 4.17. The van der Waals surface area contributed by atoms with Crippen LogP contribution in [0.25, 0.3) is 33.2 Å². The van der Waals surface area contributed by atoms with Crippen molar-refractivity contribution in [3.63, 3.8) is 0 Å². The molecule has 0 spiro atoms. The first-order chi connectivity index (χ1) is 18.3. The molecule has 0 aliphatic rings. The lowest BCUT2D eigenvalue weighted by atomic mass is 9.95. The SMILES string of the molecule is C=CC(=O)Nc1cccc(-c2cc(-c3cccc(Nc4cccc(C(F)(F)F)c4)c3)cc3cncnc23)c1. The number of anilines is 3. The van der Waals surface area contributed by atoms with Gasteiger partial charge < -0.3 is 10.6 Å². The second-order valence-corrected chi connectivity index (χ2v) is 8.54. The molecule has 188 valence electrons. The molecule has 5 aromatic rings. The van der Waals surface area contributed by atoms with Gasteiger partial charge in [0.05, 0.1) is 11.1 Å². The Labute approximate surface area is 216 Å². The summed E-state index contributed by atoms with van der Waals surface area (Å²) in [6.07, 6.45) is -0.0108. The molecule has 38 heavy (non-hydrogen) atoms. The summed E-state index contributed by atoms with van der Waals surface area (Å²) in [5.41, 5.74) is 5.03. The molecule has 0 unspecified atom stereocenters. The Morgan fingerprint density at radius 3 is 2.26 bits per heavy atom. The number of hydrogen-bond acceptors (Lipinski definition) is 4. The quantitative estimate of drug-likeness (QED) is 0.228. The number of hydrogen-bond donors (Lipinski definition) is 2. The Morgan fingerprint density at radius 1 is 0.816 bits per heavy atom. The van der Waals surface area contributed by atoms with Crippen LogP contribution in [0.3, 0.4) is 0 Å². The molecule has 0 saturated carbocycles. The van der Waals surface area contributed by atoms with Gasteiger partial charge in [0, 0.05) is 34.2 Å². The van der Waals surface area contributed by atoms with E-state index in [-0.39, 0.29) is 5.91 Å². The number of rotatable bonds is 6. The van der Waals surface area contributed by atoms with Gasteiger partial charge in [-0.2, -0.15) is 13.2 Å². The number of carbonyl (C=O) groups is 1. The lowest BCUT2D eigenvalue weighted by Crippen LogP contribution is -2.07. The summed E-state index contributed by atoms with van der Waals surface area (Å²) >= 11 is 0. The van der Waals surface area contributed by atoms with E-state index in [1.54, 1.807) is 24.4 Å². The summed E-state index contributed by atoms with van der Waals surface area (Å²) in [5, 5.41) is 6.66. The van der Waals surface area contributed by atoms with Crippen molar-refractivity contribution < 1.29 is 18.0 Å². The van der Waals surface area contributed by atoms with Gasteiger partial charge in [0.15, 0.2) is 0 Å². The largest absolute Gasteiger partial charge is 0.416 e. The van der Waals surface area contributed by atoms with E-state index >= 15 is 0 Å². The number of nitrogens with one attached hydrogen (secondary N) is 2. The van der Waals surface area contributed by atoms with Gasteiger partial charge in [-0.15, -0.1) is 0 Å². The topological polar surface area (TPSA) is 66.9 Å². The first kappa shape index (κ1) is 24.7. The molecule has 0 bridgehead atoms. The molecule has 2 N–H and O–H groups in total. The van der Waals surface area contributed by atoms with Gasteiger partial charge in [-0.3, -0.25) is 4.79 Å². The summed E-state index contributed by atoms with van der Waals surface area (Å²) in [5.74, 6) is -0.312. The molecular weight excluding hydrogens is 489 g/mol. The first-order valence-corrected chi connectivity index (χ1v) is 11.6. The smallest absolute Gasteiger partial charge is 0.355 e. The Hall–Kier alpha value is -4.98. The molecule has 5 rings (SSSR count). The maximum atomic E-state index is 13.1. The maximum Gasteiger partial charge on any atom is 0.416 e. The Morgan fingerprint density at radius 2 is 1.50 bits per heavy atom. The van der Waals surface area contributed by atoms with Gasteiger partial charge in [0.2, 0.25) is 5.91 Å². The second kappa shape index (κ2) is 10.2. The van der Waals surface area contributed by atoms with Crippen LogP contribution < -0.4 is 10.6 Å². The Kier molecular flexibility index (Phi) is 6.62. The van der Waals surface area contributed by atoms with Crippen molar-refractivity contribution in [1.29, 1.82) is 0 Å². The predicted octanol–water partition coefficient (Wildman–Crippen LogP) is 7.85. The third-order valence-corrected chi connectivity index (χ3v) is 5.91. The minimum absolute atomic E-state index is 0.312. The number of fused-ring (bicyclic) bond motifs is 1. The van der Waals surface area contributed by atoms with Crippen LogP contribution in [-0.2, 0) is 11.0 Å². The molecule has 1 aromatic heterocycles. The summed E-state index contributed by atoms with van der Waals surface area (Å²) in [7, 11) is 0. The molecule has 4 aromatic carbocycles. The standard InChI is InChI=1S/C30H21F3N4O/c1-2-28(38)37-25-10-4-7-20(14-25)27-15-21(12-22-17-34-18-35-29(22)27)19-6-3-9-24(13-19)36-26-11-5-8-23(16-26)30(31,32)33/h2-18,36H,1H2,(H,37,38). The molecular formula is C30H21F3N4O. The molecule has 1 heterocycles. The molecule has 0 fully saturated rings. The van der Waals surface area contributed by atoms with Gasteiger partial charge in [-0.25, -0.2) is 9.97 Å². The Bertz CT molecular complexity index is 1660. The van der Waals surface area contributed by atoms with Crippen molar-refractivity contribution in [2.45, 2.75) is 6.18 Å². The highest BCUT2D eigenvalue weighted by Crippen LogP contribution is 2.35. The van der Waals surface area contributed by atoms with E-state index in [4.69, 9.17) is 0 Å². The van der Waals surface area contributed by atoms with Crippen LogP contribution in [0.2, 0.25) is 0 Å². The second-order valence-electron chi connectivity index (χ2n) is 8.54. The lowest BCUT2D eigenvalue weighted by Gasteiger charge is -2.13. The van der Waals surface area contributed by atoms with Gasteiger partial charge in [-0.1, -0.05) is 36.9 Å². The van der Waals surface area contributed by atoms with Crippen molar-refractivity contribution in [2.75, 3.05) is 10.6 Å². The highest BCUT2D eigenvalue weighted by Gasteiger charge is 2.30. The summed E-state index contributed by atoms with van der Waals surface area (Å²) < 4.78 is 39.4. The number of aromatic nitrogens is 2. The normalized spacial score (nSPS) is 11.2. The maximum absolute atomic E-state index is 13.1. The van der Waals surface area contributed by atoms with Crippen LogP contribution in [0, 0.1) is 0 Å². The van der Waals surface area contributed by atoms with Gasteiger partial charge in [-0.05, 0) is 77.4 Å². The van der Waals surface area contributed by atoms with Crippen LogP contribution in [0.1, 0.15) is 5.56 Å². The zero-order chi connectivity index (χ0) is 26.7. The molecule has 0 radical (unpaired) electrons. The highest BCUT2D eigenvalue weighted by molar-refractivity contribution is 6.01. The van der Waals surface area contributed by atoms with Crippen LogP contribution in [0.4, 0.5) is 30.2 Å². The van der Waals surface area contributed by atoms with Gasteiger partial charge >= 0.3 is 6.18 Å². The third-order valence-electron chi connectivity index (χ3n) is 5.91. The molecule has 0 aliphatic heterocycles. The first-order valence-electron chi connectivity index (χ1n) is 11.6. The molecule has 0 atom stereocenters. The number of alkyl halides is 3.